The Balaban J connectivity index is 1.30. The molecule has 6 nitrogen and oxygen atoms in total. The van der Waals surface area contributed by atoms with Gasteiger partial charge < -0.3 is 9.67 Å². The average molecular weight is 434 g/mol. The van der Waals surface area contributed by atoms with E-state index in [1.807, 2.05) is 24.3 Å². The maximum Gasteiger partial charge on any atom is 0.360 e. The molecule has 1 aromatic carbocycles. The number of aromatic carboxylic acids is 1. The highest BCUT2D eigenvalue weighted by atomic mass is 16.4. The third-order valence-corrected chi connectivity index (χ3v) is 9.77. The molecule has 1 aromatic heterocycles. The van der Waals surface area contributed by atoms with E-state index < -0.39 is 11.5 Å². The summed E-state index contributed by atoms with van der Waals surface area (Å²) in [4.78, 5) is 32.3. The number of carboxylic acids is 1. The molecule has 6 aliphatic rings. The monoisotopic (exact) mass is 433 g/mol. The van der Waals surface area contributed by atoms with Gasteiger partial charge in [-0.15, -0.1) is 0 Å². The summed E-state index contributed by atoms with van der Waals surface area (Å²) in [6, 6.07) is 8.60. The summed E-state index contributed by atoms with van der Waals surface area (Å²) in [6.45, 7) is 0. The number of nitrogens with zero attached hydrogens (tertiary/aromatic N) is 3. The fourth-order valence-electron chi connectivity index (χ4n) is 9.12. The van der Waals surface area contributed by atoms with Gasteiger partial charge in [0.05, 0.1) is 11.0 Å². The SMILES string of the molecule is O=C(O)c1nc2ccccc2n([C@H]2C[C@H]3CCC[C@@H](C2)N3C23CC4CC(CC2C4)C3)c1=O. The molecule has 4 aliphatic carbocycles. The standard InChI is InChI=1S/C26H31N3O3/c30-24-23(25(31)32)27-21-6-1-2-7-22(21)28(24)20-11-18-4-3-5-19(12-20)29(18)26-13-15-8-16(14-26)10-17(26)9-15/h1-2,6-7,15-20H,3-5,8-14H2,(H,31,32)/t15?,16?,17?,18-,19+,20+,26?. The number of fused-ring (bicyclic) bond motifs is 3. The number of carbonyl (C=O) groups is 1. The first kappa shape index (κ1) is 19.3. The fourth-order valence-corrected chi connectivity index (χ4v) is 9.12. The Hall–Kier alpha value is -2.21. The molecule has 5 atom stereocenters. The van der Waals surface area contributed by atoms with E-state index in [4.69, 9.17) is 0 Å². The molecule has 6 heteroatoms. The van der Waals surface area contributed by atoms with Crippen LogP contribution in [-0.4, -0.2) is 43.1 Å². The van der Waals surface area contributed by atoms with Crippen molar-refractivity contribution in [1.29, 1.82) is 0 Å². The quantitative estimate of drug-likeness (QED) is 0.784. The lowest BCUT2D eigenvalue weighted by molar-refractivity contribution is -0.0816. The Kier molecular flexibility index (Phi) is 4.01. The number of carboxylic acid groups (broad SMARTS) is 1. The van der Waals surface area contributed by atoms with Gasteiger partial charge in [0.1, 0.15) is 0 Å². The first-order valence-corrected chi connectivity index (χ1v) is 12.6. The van der Waals surface area contributed by atoms with Crippen LogP contribution >= 0.6 is 0 Å². The van der Waals surface area contributed by atoms with Crippen LogP contribution in [0.3, 0.4) is 0 Å². The summed E-state index contributed by atoms with van der Waals surface area (Å²) < 4.78 is 1.80. The van der Waals surface area contributed by atoms with Crippen LogP contribution in [-0.2, 0) is 0 Å². The Morgan fingerprint density at radius 1 is 0.969 bits per heavy atom. The molecule has 0 spiro atoms. The molecule has 32 heavy (non-hydrogen) atoms. The zero-order valence-electron chi connectivity index (χ0n) is 18.4. The second-order valence-electron chi connectivity index (χ2n) is 11.3. The summed E-state index contributed by atoms with van der Waals surface area (Å²) in [5.41, 5.74) is 1.01. The summed E-state index contributed by atoms with van der Waals surface area (Å²) in [5, 5.41) is 9.64. The number of hydrogen-bond donors (Lipinski definition) is 1. The van der Waals surface area contributed by atoms with E-state index >= 15 is 0 Å². The molecule has 3 heterocycles. The molecular weight excluding hydrogens is 402 g/mol. The predicted octanol–water partition coefficient (Wildman–Crippen LogP) is 4.23. The van der Waals surface area contributed by atoms with Crippen LogP contribution in [0, 0.1) is 17.8 Å². The summed E-state index contributed by atoms with van der Waals surface area (Å²) >= 11 is 0. The lowest BCUT2D eigenvalue weighted by atomic mass is 9.73. The second-order valence-corrected chi connectivity index (χ2v) is 11.3. The molecule has 0 radical (unpaired) electrons. The number of aromatic nitrogens is 2. The summed E-state index contributed by atoms with van der Waals surface area (Å²) in [5.74, 6) is 1.53. The van der Waals surface area contributed by atoms with E-state index in [2.05, 4.69) is 9.88 Å². The molecule has 6 bridgehead atoms. The lowest BCUT2D eigenvalue weighted by Gasteiger charge is -2.58. The number of hydrogen-bond acceptors (Lipinski definition) is 4. The van der Waals surface area contributed by atoms with Crippen molar-refractivity contribution in [3.8, 4) is 0 Å². The minimum absolute atomic E-state index is 0.0484. The zero-order chi connectivity index (χ0) is 21.6. The Morgan fingerprint density at radius 3 is 2.34 bits per heavy atom. The Morgan fingerprint density at radius 2 is 1.66 bits per heavy atom. The fraction of sp³-hybridized carbons (Fsp3) is 0.654. The molecule has 4 saturated carbocycles. The molecule has 6 fully saturated rings. The molecule has 8 rings (SSSR count). The van der Waals surface area contributed by atoms with E-state index in [1.165, 1.54) is 51.4 Å². The molecule has 0 amide bonds. The second kappa shape index (κ2) is 6.66. The van der Waals surface area contributed by atoms with Gasteiger partial charge in [-0.25, -0.2) is 9.78 Å². The van der Waals surface area contributed by atoms with Gasteiger partial charge in [0, 0.05) is 23.7 Å². The van der Waals surface area contributed by atoms with Gasteiger partial charge in [0.25, 0.3) is 5.56 Å². The number of piperidine rings is 2. The van der Waals surface area contributed by atoms with Crippen molar-refractivity contribution in [1.82, 2.24) is 14.5 Å². The van der Waals surface area contributed by atoms with Crippen molar-refractivity contribution < 1.29 is 9.90 Å². The summed E-state index contributed by atoms with van der Waals surface area (Å²) in [7, 11) is 0. The molecular formula is C26H31N3O3. The molecule has 2 aromatic rings. The van der Waals surface area contributed by atoms with Crippen molar-refractivity contribution in [2.45, 2.75) is 87.9 Å². The van der Waals surface area contributed by atoms with Crippen LogP contribution in [0.15, 0.2) is 29.1 Å². The number of rotatable bonds is 3. The van der Waals surface area contributed by atoms with Crippen LogP contribution < -0.4 is 5.56 Å². The van der Waals surface area contributed by atoms with Gasteiger partial charge in [-0.3, -0.25) is 9.69 Å². The predicted molar refractivity (Wildman–Crippen MR) is 121 cm³/mol. The van der Waals surface area contributed by atoms with Crippen molar-refractivity contribution in [3.05, 3.63) is 40.3 Å². The van der Waals surface area contributed by atoms with Gasteiger partial charge in [0.2, 0.25) is 5.69 Å². The van der Waals surface area contributed by atoms with Gasteiger partial charge in [-0.1, -0.05) is 18.6 Å². The van der Waals surface area contributed by atoms with Crippen molar-refractivity contribution >= 4 is 17.0 Å². The minimum atomic E-state index is -1.23. The van der Waals surface area contributed by atoms with Crippen LogP contribution in [0.4, 0.5) is 0 Å². The molecule has 2 unspecified atom stereocenters. The highest BCUT2D eigenvalue weighted by Crippen LogP contribution is 2.65. The van der Waals surface area contributed by atoms with E-state index in [0.717, 1.165) is 36.1 Å². The third-order valence-electron chi connectivity index (χ3n) is 9.77. The number of para-hydroxylation sites is 2. The molecule has 168 valence electrons. The van der Waals surface area contributed by atoms with E-state index in [9.17, 15) is 14.7 Å². The van der Waals surface area contributed by atoms with Crippen molar-refractivity contribution in [2.24, 2.45) is 17.8 Å². The maximum atomic E-state index is 13.3. The first-order chi connectivity index (χ1) is 15.5. The zero-order valence-corrected chi connectivity index (χ0v) is 18.4. The topological polar surface area (TPSA) is 75.4 Å². The van der Waals surface area contributed by atoms with Gasteiger partial charge in [-0.2, -0.15) is 0 Å². The molecule has 1 N–H and O–H groups in total. The van der Waals surface area contributed by atoms with Gasteiger partial charge >= 0.3 is 5.97 Å². The van der Waals surface area contributed by atoms with Crippen molar-refractivity contribution in [2.75, 3.05) is 0 Å². The first-order valence-electron chi connectivity index (χ1n) is 12.6. The average Bonchev–Trinajstić information content (AvgIpc) is 3.16. The molecule has 2 aliphatic heterocycles. The van der Waals surface area contributed by atoms with Crippen LogP contribution in [0.2, 0.25) is 0 Å². The normalized spacial score (nSPS) is 40.2. The highest BCUT2D eigenvalue weighted by Gasteiger charge is 2.63. The van der Waals surface area contributed by atoms with E-state index in [-0.39, 0.29) is 11.7 Å². The third kappa shape index (κ3) is 2.53. The lowest BCUT2D eigenvalue weighted by Crippen LogP contribution is -2.63. The maximum absolute atomic E-state index is 13.3. The summed E-state index contributed by atoms with van der Waals surface area (Å²) in [6.07, 6.45) is 12.7. The Labute approximate surface area is 187 Å². The van der Waals surface area contributed by atoms with Crippen LogP contribution in [0.25, 0.3) is 11.0 Å². The van der Waals surface area contributed by atoms with E-state index in [1.54, 1.807) is 4.57 Å². The smallest absolute Gasteiger partial charge is 0.360 e. The minimum Gasteiger partial charge on any atom is -0.476 e. The van der Waals surface area contributed by atoms with Crippen LogP contribution in [0.5, 0.6) is 0 Å². The van der Waals surface area contributed by atoms with Gasteiger partial charge in [0.15, 0.2) is 0 Å². The largest absolute Gasteiger partial charge is 0.476 e. The van der Waals surface area contributed by atoms with Crippen LogP contribution in [0.1, 0.15) is 80.7 Å². The van der Waals surface area contributed by atoms with Crippen molar-refractivity contribution in [3.63, 3.8) is 0 Å². The Bertz CT molecular complexity index is 1140. The number of benzene rings is 1. The van der Waals surface area contributed by atoms with Gasteiger partial charge in [-0.05, 0) is 87.7 Å². The molecule has 2 saturated heterocycles. The van der Waals surface area contributed by atoms with E-state index in [0.29, 0.717) is 23.1 Å². The highest BCUT2D eigenvalue weighted by molar-refractivity contribution is 5.88.